The quantitative estimate of drug-likeness (QED) is 0.403. The Bertz CT molecular complexity index is 958. The first kappa shape index (κ1) is 26.3. The number of rotatable bonds is 6. The van der Waals surface area contributed by atoms with E-state index in [-0.39, 0.29) is 23.7 Å². The molecule has 0 aliphatic heterocycles. The molecule has 2 aromatic carbocycles. The Labute approximate surface area is 214 Å². The third-order valence-electron chi connectivity index (χ3n) is 7.25. The van der Waals surface area contributed by atoms with Crippen LogP contribution in [0.3, 0.4) is 0 Å². The van der Waals surface area contributed by atoms with E-state index in [2.05, 4.69) is 56.1 Å². The van der Waals surface area contributed by atoms with Crippen LogP contribution in [0, 0.1) is 23.7 Å². The summed E-state index contributed by atoms with van der Waals surface area (Å²) in [5, 5.41) is 9.99. The van der Waals surface area contributed by atoms with Gasteiger partial charge in [-0.1, -0.05) is 68.3 Å². The minimum Gasteiger partial charge on any atom is -0.393 e. The highest BCUT2D eigenvalue weighted by molar-refractivity contribution is 9.10. The van der Waals surface area contributed by atoms with Gasteiger partial charge in [-0.05, 0) is 93.9 Å². The van der Waals surface area contributed by atoms with Gasteiger partial charge in [-0.25, -0.2) is 0 Å². The van der Waals surface area contributed by atoms with Crippen LogP contribution in [0.5, 0.6) is 0 Å². The normalized spacial score (nSPS) is 26.5. The Morgan fingerprint density at radius 2 is 1.33 bits per heavy atom. The van der Waals surface area contributed by atoms with E-state index in [4.69, 9.17) is 0 Å². The number of carbonyl (C=O) groups excluding carboxylic acids is 2. The Morgan fingerprint density at radius 3 is 1.82 bits per heavy atom. The Balaban J connectivity index is 0.000000186. The Kier molecular flexibility index (Phi) is 9.90. The van der Waals surface area contributed by atoms with Gasteiger partial charge >= 0.3 is 0 Å². The van der Waals surface area contributed by atoms with Crippen LogP contribution in [0.15, 0.2) is 57.5 Å². The average Bonchev–Trinajstić information content (AvgIpc) is 3.39. The van der Waals surface area contributed by atoms with Crippen LogP contribution in [0.2, 0.25) is 0 Å². The second-order valence-corrected chi connectivity index (χ2v) is 11.4. The van der Waals surface area contributed by atoms with Crippen molar-refractivity contribution in [2.45, 2.75) is 64.9 Å². The van der Waals surface area contributed by atoms with E-state index in [9.17, 15) is 14.7 Å². The summed E-state index contributed by atoms with van der Waals surface area (Å²) in [5.74, 6) is 1.86. The maximum Gasteiger partial charge on any atom is 0.133 e. The fraction of sp³-hybridized carbons (Fsp3) is 0.500. The van der Waals surface area contributed by atoms with Crippen LogP contribution >= 0.6 is 31.9 Å². The molecule has 33 heavy (non-hydrogen) atoms. The highest BCUT2D eigenvalue weighted by Crippen LogP contribution is 2.36. The van der Waals surface area contributed by atoms with Crippen molar-refractivity contribution < 1.29 is 14.7 Å². The smallest absolute Gasteiger partial charge is 0.133 e. The minimum atomic E-state index is -0.337. The van der Waals surface area contributed by atoms with Gasteiger partial charge in [-0.2, -0.15) is 0 Å². The fourth-order valence-electron chi connectivity index (χ4n) is 5.20. The zero-order valence-electron chi connectivity index (χ0n) is 19.5. The summed E-state index contributed by atoms with van der Waals surface area (Å²) < 4.78 is 2.28. The molecule has 4 rings (SSSR count). The molecular formula is C28H34Br2O3. The molecule has 0 radical (unpaired) electrons. The van der Waals surface area contributed by atoms with Crippen LogP contribution in [-0.2, 0) is 22.4 Å². The summed E-state index contributed by atoms with van der Waals surface area (Å²) in [6.07, 6.45) is 6.42. The van der Waals surface area contributed by atoms with Crippen molar-refractivity contribution in [3.63, 3.8) is 0 Å². The van der Waals surface area contributed by atoms with Crippen LogP contribution in [0.1, 0.15) is 57.1 Å². The molecule has 0 heterocycles. The van der Waals surface area contributed by atoms with Crippen molar-refractivity contribution in [3.8, 4) is 0 Å². The summed E-state index contributed by atoms with van der Waals surface area (Å²) in [6.45, 7) is 3.35. The van der Waals surface area contributed by atoms with Crippen molar-refractivity contribution >= 4 is 43.4 Å². The van der Waals surface area contributed by atoms with Crippen LogP contribution in [0.25, 0.3) is 0 Å². The van der Waals surface area contributed by atoms with Crippen molar-refractivity contribution in [2.75, 3.05) is 0 Å². The third-order valence-corrected chi connectivity index (χ3v) is 8.80. The first-order valence-electron chi connectivity index (χ1n) is 11.9. The van der Waals surface area contributed by atoms with Crippen molar-refractivity contribution in [1.82, 2.24) is 0 Å². The number of hydrogen-bond donors (Lipinski definition) is 1. The number of ketones is 2. The molecule has 5 heteroatoms. The summed E-state index contributed by atoms with van der Waals surface area (Å²) >= 11 is 7.10. The highest BCUT2D eigenvalue weighted by Gasteiger charge is 2.35. The van der Waals surface area contributed by atoms with Crippen molar-refractivity contribution in [3.05, 3.63) is 68.6 Å². The van der Waals surface area contributed by atoms with Gasteiger partial charge in [0.2, 0.25) is 0 Å². The van der Waals surface area contributed by atoms with E-state index in [1.165, 1.54) is 22.0 Å². The molecule has 2 aliphatic rings. The predicted molar refractivity (Wildman–Crippen MR) is 140 cm³/mol. The first-order chi connectivity index (χ1) is 15.7. The molecule has 0 saturated heterocycles. The number of aliphatic hydroxyl groups is 1. The van der Waals surface area contributed by atoms with Gasteiger partial charge in [0.25, 0.3) is 0 Å². The highest BCUT2D eigenvalue weighted by atomic mass is 79.9. The number of halogens is 2. The Morgan fingerprint density at radius 1 is 0.788 bits per heavy atom. The Hall–Kier alpha value is -1.30. The van der Waals surface area contributed by atoms with Crippen molar-refractivity contribution in [1.29, 1.82) is 0 Å². The topological polar surface area (TPSA) is 54.4 Å². The SMILES string of the molecule is CC(=O)[C@@H]1CC(O)[C@@H](Cc2ccccc2Br)C1.CC(=O)[C@@H]1CC[C@@H](Cc2ccccc2Br)C1. The lowest BCUT2D eigenvalue weighted by Crippen LogP contribution is -2.15. The van der Waals surface area contributed by atoms with Gasteiger partial charge in [-0.15, -0.1) is 0 Å². The van der Waals surface area contributed by atoms with E-state index >= 15 is 0 Å². The molecule has 0 aromatic heterocycles. The minimum absolute atomic E-state index is 0.0532. The van der Waals surface area contributed by atoms with Crippen LogP contribution in [-0.4, -0.2) is 22.8 Å². The number of hydrogen-bond acceptors (Lipinski definition) is 3. The number of aliphatic hydroxyl groups excluding tert-OH is 1. The fourth-order valence-corrected chi connectivity index (χ4v) is 6.10. The predicted octanol–water partition coefficient (Wildman–Crippen LogP) is 6.96. The lowest BCUT2D eigenvalue weighted by Gasteiger charge is -2.15. The zero-order chi connectivity index (χ0) is 24.0. The van der Waals surface area contributed by atoms with E-state index in [1.807, 2.05) is 24.3 Å². The molecule has 2 aliphatic carbocycles. The molecule has 0 spiro atoms. The van der Waals surface area contributed by atoms with Gasteiger partial charge in [0.15, 0.2) is 0 Å². The van der Waals surface area contributed by atoms with Crippen LogP contribution in [0.4, 0.5) is 0 Å². The maximum absolute atomic E-state index is 11.3. The lowest BCUT2D eigenvalue weighted by molar-refractivity contribution is -0.121. The maximum atomic E-state index is 11.3. The monoisotopic (exact) mass is 576 g/mol. The number of Topliss-reactive ketones (excluding diaryl/α,β-unsaturated/α-hetero) is 2. The standard InChI is InChI=1S/C14H17BrO2.C14H17BrO/c1-9(16)11-7-12(14(17)8-11)6-10-4-2-3-5-13(10)15;1-10(16)12-7-6-11(8-12)9-13-4-2-3-5-14(13)15/h2-5,11-12,14,17H,6-8H2,1H3;2-5,11-12H,6-9H2,1H3/t11-,12-,14?;11-,12-/m01/s1. The second kappa shape index (κ2) is 12.4. The van der Waals surface area contributed by atoms with Gasteiger partial charge < -0.3 is 5.11 Å². The second-order valence-electron chi connectivity index (χ2n) is 9.68. The van der Waals surface area contributed by atoms with Crippen molar-refractivity contribution in [2.24, 2.45) is 23.7 Å². The summed E-state index contributed by atoms with van der Waals surface area (Å²) in [6, 6.07) is 16.5. The lowest BCUT2D eigenvalue weighted by atomic mass is 9.95. The summed E-state index contributed by atoms with van der Waals surface area (Å²) in [7, 11) is 0. The molecule has 0 bridgehead atoms. The van der Waals surface area contributed by atoms with Gasteiger partial charge in [0, 0.05) is 20.8 Å². The van der Waals surface area contributed by atoms with Gasteiger partial charge in [0.1, 0.15) is 11.6 Å². The van der Waals surface area contributed by atoms with E-state index in [0.717, 1.165) is 36.6 Å². The molecule has 2 aromatic rings. The van der Waals surface area contributed by atoms with E-state index in [0.29, 0.717) is 24.0 Å². The summed E-state index contributed by atoms with van der Waals surface area (Å²) in [5.41, 5.74) is 2.58. The van der Waals surface area contributed by atoms with E-state index < -0.39 is 0 Å². The number of carbonyl (C=O) groups is 2. The molecule has 2 saturated carbocycles. The zero-order valence-corrected chi connectivity index (χ0v) is 22.6. The van der Waals surface area contributed by atoms with Gasteiger partial charge in [-0.3, -0.25) is 9.59 Å². The average molecular weight is 578 g/mol. The largest absolute Gasteiger partial charge is 0.393 e. The first-order valence-corrected chi connectivity index (χ1v) is 13.5. The molecule has 1 N–H and O–H groups in total. The molecule has 5 atom stereocenters. The molecule has 3 nitrogen and oxygen atoms in total. The van der Waals surface area contributed by atoms with Crippen LogP contribution < -0.4 is 0 Å². The molecule has 178 valence electrons. The molecular weight excluding hydrogens is 544 g/mol. The molecule has 2 fully saturated rings. The number of benzene rings is 2. The van der Waals surface area contributed by atoms with E-state index in [1.54, 1.807) is 13.8 Å². The van der Waals surface area contributed by atoms with Gasteiger partial charge in [0.05, 0.1) is 6.10 Å². The third kappa shape index (κ3) is 7.60. The molecule has 1 unspecified atom stereocenters. The summed E-state index contributed by atoms with van der Waals surface area (Å²) in [4.78, 5) is 22.6. The molecule has 0 amide bonds.